The average Bonchev–Trinajstić information content (AvgIpc) is 2.74. The van der Waals surface area contributed by atoms with E-state index in [1.165, 1.54) is 0 Å². The van der Waals surface area contributed by atoms with Gasteiger partial charge in [0.15, 0.2) is 18.1 Å². The normalized spacial score (nSPS) is 15.5. The van der Waals surface area contributed by atoms with E-state index < -0.39 is 24.6 Å². The number of ether oxygens (including phenoxy) is 2. The largest absolute Gasteiger partial charge is 0.490 e. The number of hydrogen-bond acceptors (Lipinski definition) is 5. The number of urea groups is 1. The maximum absolute atomic E-state index is 13.2. The van der Waals surface area contributed by atoms with E-state index in [0.29, 0.717) is 34.9 Å². The van der Waals surface area contributed by atoms with Crippen LogP contribution >= 0.6 is 0 Å². The smallest absolute Gasteiger partial charge is 0.341 e. The molecule has 0 aromatic heterocycles. The van der Waals surface area contributed by atoms with E-state index in [-0.39, 0.29) is 11.7 Å². The summed E-state index contributed by atoms with van der Waals surface area (Å²) in [7, 11) is 0. The lowest BCUT2D eigenvalue weighted by Gasteiger charge is -2.29. The van der Waals surface area contributed by atoms with Crippen LogP contribution in [0.4, 0.5) is 10.5 Å². The first-order valence-corrected chi connectivity index (χ1v) is 10.1. The molecule has 32 heavy (non-hydrogen) atoms. The molecule has 0 saturated carbocycles. The van der Waals surface area contributed by atoms with Gasteiger partial charge < -0.3 is 30.5 Å². The lowest BCUT2D eigenvalue weighted by molar-refractivity contribution is -0.139. The Morgan fingerprint density at radius 3 is 2.53 bits per heavy atom. The van der Waals surface area contributed by atoms with Gasteiger partial charge in [-0.25, -0.2) is 9.59 Å². The first-order valence-electron chi connectivity index (χ1n) is 10.1. The Bertz CT molecular complexity index is 1080. The summed E-state index contributed by atoms with van der Waals surface area (Å²) >= 11 is 0. The van der Waals surface area contributed by atoms with Crippen molar-refractivity contribution in [3.05, 3.63) is 64.9 Å². The molecule has 2 aromatic rings. The Kier molecular flexibility index (Phi) is 6.99. The Morgan fingerprint density at radius 2 is 1.84 bits per heavy atom. The molecule has 168 valence electrons. The number of allylic oxidation sites excluding steroid dienone is 1. The fourth-order valence-corrected chi connectivity index (χ4v) is 3.38. The molecule has 0 fully saturated rings. The molecule has 1 aliphatic heterocycles. The predicted octanol–water partition coefficient (Wildman–Crippen LogP) is 3.12. The van der Waals surface area contributed by atoms with Crippen molar-refractivity contribution in [2.24, 2.45) is 0 Å². The van der Waals surface area contributed by atoms with Crippen molar-refractivity contribution >= 4 is 23.6 Å². The van der Waals surface area contributed by atoms with Crippen LogP contribution in [0.5, 0.6) is 11.5 Å². The maximum atomic E-state index is 13.2. The van der Waals surface area contributed by atoms with Crippen LogP contribution in [0.3, 0.4) is 0 Å². The van der Waals surface area contributed by atoms with Crippen LogP contribution < -0.4 is 25.4 Å². The van der Waals surface area contributed by atoms with Crippen LogP contribution in [-0.4, -0.2) is 36.2 Å². The van der Waals surface area contributed by atoms with E-state index in [4.69, 9.17) is 14.6 Å². The van der Waals surface area contributed by atoms with E-state index >= 15 is 0 Å². The number of amides is 3. The lowest BCUT2D eigenvalue weighted by Crippen LogP contribution is -2.46. The quantitative estimate of drug-likeness (QED) is 0.501. The van der Waals surface area contributed by atoms with Gasteiger partial charge >= 0.3 is 12.0 Å². The van der Waals surface area contributed by atoms with Crippen molar-refractivity contribution in [3.63, 3.8) is 0 Å². The number of anilines is 1. The summed E-state index contributed by atoms with van der Waals surface area (Å²) in [4.78, 5) is 36.2. The molecule has 9 nitrogen and oxygen atoms in total. The summed E-state index contributed by atoms with van der Waals surface area (Å²) in [5.74, 6) is -0.908. The number of para-hydroxylation sites is 1. The molecule has 0 radical (unpaired) electrons. The molecule has 4 N–H and O–H groups in total. The van der Waals surface area contributed by atoms with E-state index in [0.717, 1.165) is 5.56 Å². The fourth-order valence-electron chi connectivity index (χ4n) is 3.38. The molecule has 1 heterocycles. The van der Waals surface area contributed by atoms with Crippen LogP contribution in [-0.2, 0) is 9.59 Å². The van der Waals surface area contributed by atoms with Crippen LogP contribution in [0, 0.1) is 6.92 Å². The Labute approximate surface area is 185 Å². The third-order valence-electron chi connectivity index (χ3n) is 4.86. The van der Waals surface area contributed by atoms with Gasteiger partial charge in [-0.1, -0.05) is 24.3 Å². The molecular weight excluding hydrogens is 414 g/mol. The SMILES string of the molecule is CCOc1cc(C2NC(=O)NC(C)=C2C(=O)Nc2ccccc2C)ccc1OCC(=O)O. The third-order valence-corrected chi connectivity index (χ3v) is 4.86. The van der Waals surface area contributed by atoms with Crippen LogP contribution in [0.1, 0.15) is 31.0 Å². The number of aliphatic carboxylic acids is 1. The molecule has 1 unspecified atom stereocenters. The minimum atomic E-state index is -1.11. The summed E-state index contributed by atoms with van der Waals surface area (Å²) in [5, 5.41) is 17.2. The second-order valence-corrected chi connectivity index (χ2v) is 7.16. The molecule has 9 heteroatoms. The molecule has 0 bridgehead atoms. The number of carbonyl (C=O) groups excluding carboxylic acids is 2. The van der Waals surface area contributed by atoms with Gasteiger partial charge in [-0.3, -0.25) is 4.79 Å². The molecule has 1 atom stereocenters. The topological polar surface area (TPSA) is 126 Å². The van der Waals surface area contributed by atoms with Crippen LogP contribution in [0.2, 0.25) is 0 Å². The van der Waals surface area contributed by atoms with Gasteiger partial charge in [-0.2, -0.15) is 0 Å². The second-order valence-electron chi connectivity index (χ2n) is 7.16. The minimum Gasteiger partial charge on any atom is -0.490 e. The summed E-state index contributed by atoms with van der Waals surface area (Å²) in [6.45, 7) is 5.13. The highest BCUT2D eigenvalue weighted by Crippen LogP contribution is 2.35. The first-order chi connectivity index (χ1) is 15.3. The molecule has 1 aliphatic rings. The summed E-state index contributed by atoms with van der Waals surface area (Å²) in [5.41, 5.74) is 2.92. The number of benzene rings is 2. The Balaban J connectivity index is 1.96. The van der Waals surface area contributed by atoms with Gasteiger partial charge in [0.2, 0.25) is 0 Å². The van der Waals surface area contributed by atoms with Crippen molar-refractivity contribution in [2.45, 2.75) is 26.8 Å². The first kappa shape index (κ1) is 22.7. The van der Waals surface area contributed by atoms with Gasteiger partial charge in [-0.05, 0) is 50.1 Å². The van der Waals surface area contributed by atoms with Gasteiger partial charge in [-0.15, -0.1) is 0 Å². The monoisotopic (exact) mass is 439 g/mol. The standard InChI is InChI=1S/C23H25N3O6/c1-4-31-18-11-15(9-10-17(18)32-12-19(27)28)21-20(14(3)24-23(30)26-21)22(29)25-16-8-6-5-7-13(16)2/h5-11,21H,4,12H2,1-3H3,(H,25,29)(H,27,28)(H2,24,26,30). The van der Waals surface area contributed by atoms with Gasteiger partial charge in [0.1, 0.15) is 0 Å². The van der Waals surface area contributed by atoms with E-state index in [1.54, 1.807) is 38.1 Å². The minimum absolute atomic E-state index is 0.255. The molecule has 0 saturated heterocycles. The number of aryl methyl sites for hydroxylation is 1. The average molecular weight is 439 g/mol. The van der Waals surface area contributed by atoms with E-state index in [2.05, 4.69) is 16.0 Å². The van der Waals surface area contributed by atoms with E-state index in [1.807, 2.05) is 25.1 Å². The summed E-state index contributed by atoms with van der Waals surface area (Å²) in [6, 6.07) is 11.0. The lowest BCUT2D eigenvalue weighted by atomic mass is 9.94. The van der Waals surface area contributed by atoms with Gasteiger partial charge in [0.25, 0.3) is 5.91 Å². The maximum Gasteiger partial charge on any atom is 0.341 e. The van der Waals surface area contributed by atoms with Gasteiger partial charge in [0, 0.05) is 11.4 Å². The molecule has 0 spiro atoms. The zero-order valence-electron chi connectivity index (χ0n) is 18.0. The fraction of sp³-hybridized carbons (Fsp3) is 0.261. The zero-order valence-corrected chi connectivity index (χ0v) is 18.0. The Morgan fingerprint density at radius 1 is 1.09 bits per heavy atom. The third kappa shape index (κ3) is 5.18. The van der Waals surface area contributed by atoms with Crippen molar-refractivity contribution in [1.29, 1.82) is 0 Å². The number of hydrogen-bond donors (Lipinski definition) is 4. The van der Waals surface area contributed by atoms with Crippen molar-refractivity contribution in [1.82, 2.24) is 10.6 Å². The van der Waals surface area contributed by atoms with Crippen LogP contribution in [0.15, 0.2) is 53.7 Å². The van der Waals surface area contributed by atoms with Crippen molar-refractivity contribution < 1.29 is 29.0 Å². The molecule has 3 rings (SSSR count). The number of nitrogens with one attached hydrogen (secondary N) is 3. The number of rotatable bonds is 8. The van der Waals surface area contributed by atoms with E-state index in [9.17, 15) is 14.4 Å². The highest BCUT2D eigenvalue weighted by molar-refractivity contribution is 6.07. The summed E-state index contributed by atoms with van der Waals surface area (Å²) < 4.78 is 10.9. The highest BCUT2D eigenvalue weighted by Gasteiger charge is 2.32. The molecular formula is C23H25N3O6. The number of carbonyl (C=O) groups is 3. The van der Waals surface area contributed by atoms with Gasteiger partial charge in [0.05, 0.1) is 18.2 Å². The highest BCUT2D eigenvalue weighted by atomic mass is 16.5. The molecule has 2 aromatic carbocycles. The summed E-state index contributed by atoms with van der Waals surface area (Å²) in [6.07, 6.45) is 0. The molecule has 0 aliphatic carbocycles. The van der Waals surface area contributed by atoms with Crippen LogP contribution in [0.25, 0.3) is 0 Å². The number of carboxylic acids is 1. The second kappa shape index (κ2) is 9.86. The predicted molar refractivity (Wildman–Crippen MR) is 118 cm³/mol. The Hall–Kier alpha value is -4.01. The van der Waals surface area contributed by atoms with Crippen molar-refractivity contribution in [2.75, 3.05) is 18.5 Å². The zero-order chi connectivity index (χ0) is 23.3. The number of carboxylic acid groups (broad SMARTS) is 1. The molecule has 3 amide bonds. The van der Waals surface area contributed by atoms with Crippen molar-refractivity contribution in [3.8, 4) is 11.5 Å².